The molecule has 8 heteroatoms. The number of aromatic amines is 1. The molecule has 0 saturated carbocycles. The van der Waals surface area contributed by atoms with Gasteiger partial charge in [0.1, 0.15) is 5.52 Å². The van der Waals surface area contributed by atoms with Gasteiger partial charge in [-0.15, -0.1) is 0 Å². The van der Waals surface area contributed by atoms with Gasteiger partial charge < -0.3 is 14.3 Å². The first-order valence-corrected chi connectivity index (χ1v) is 11.0. The molecular formula is C21H24N4O3S. The van der Waals surface area contributed by atoms with Crippen LogP contribution in [0, 0.1) is 6.92 Å². The maximum Gasteiger partial charge on any atom is 0.254 e. The predicted octanol–water partition coefficient (Wildman–Crippen LogP) is 3.28. The second-order valence-electron chi connectivity index (χ2n) is 7.34. The number of likely N-dealkylation sites (tertiary alicyclic amines) is 1. The average Bonchev–Trinajstić information content (AvgIpc) is 3.17. The highest BCUT2D eigenvalue weighted by Crippen LogP contribution is 2.29. The number of piperidine rings is 1. The number of nitrogens with one attached hydrogen (secondary N) is 1. The molecule has 1 saturated heterocycles. The average molecular weight is 413 g/mol. The lowest BCUT2D eigenvalue weighted by Crippen LogP contribution is -2.39. The lowest BCUT2D eigenvalue weighted by atomic mass is 9.97. The number of aromatic nitrogens is 3. The molecule has 1 aliphatic rings. The van der Waals surface area contributed by atoms with Gasteiger partial charge in [0.25, 0.3) is 5.56 Å². The molecule has 3 heterocycles. The largest absolute Gasteiger partial charge is 0.440 e. The van der Waals surface area contributed by atoms with Gasteiger partial charge in [0.15, 0.2) is 16.6 Å². The molecule has 0 bridgehead atoms. The minimum absolute atomic E-state index is 0.0542. The van der Waals surface area contributed by atoms with Crippen molar-refractivity contribution >= 4 is 28.8 Å². The number of benzene rings is 1. The lowest BCUT2D eigenvalue weighted by molar-refractivity contribution is -0.132. The molecule has 1 N–H and O–H groups in total. The Morgan fingerprint density at radius 1 is 1.34 bits per heavy atom. The number of rotatable bonds is 5. The minimum atomic E-state index is -0.155. The predicted molar refractivity (Wildman–Crippen MR) is 112 cm³/mol. The van der Waals surface area contributed by atoms with Crippen LogP contribution in [0.2, 0.25) is 0 Å². The van der Waals surface area contributed by atoms with Gasteiger partial charge in [0.2, 0.25) is 5.91 Å². The number of aryl methyl sites for hydroxylation is 1. The molecule has 1 amide bonds. The quantitative estimate of drug-likeness (QED) is 0.511. The van der Waals surface area contributed by atoms with Crippen molar-refractivity contribution < 1.29 is 9.21 Å². The summed E-state index contributed by atoms with van der Waals surface area (Å²) in [6.45, 7) is 3.15. The zero-order valence-corrected chi connectivity index (χ0v) is 17.4. The van der Waals surface area contributed by atoms with Gasteiger partial charge in [-0.1, -0.05) is 23.9 Å². The van der Waals surface area contributed by atoms with Crippen LogP contribution in [0.4, 0.5) is 0 Å². The lowest BCUT2D eigenvalue weighted by Gasteiger charge is -2.31. The summed E-state index contributed by atoms with van der Waals surface area (Å²) in [5.74, 6) is 0.860. The van der Waals surface area contributed by atoms with Gasteiger partial charge in [-0.25, -0.2) is 9.97 Å². The van der Waals surface area contributed by atoms with Crippen LogP contribution < -0.4 is 5.56 Å². The second kappa shape index (κ2) is 8.41. The number of carbonyl (C=O) groups is 1. The Kier molecular flexibility index (Phi) is 5.71. The number of nitrogens with zero attached hydrogens (tertiary/aromatic N) is 3. The number of oxazole rings is 1. The van der Waals surface area contributed by atoms with Crippen LogP contribution in [0.3, 0.4) is 0 Å². The maximum absolute atomic E-state index is 12.8. The molecule has 1 atom stereocenters. The van der Waals surface area contributed by atoms with Crippen molar-refractivity contribution in [3.8, 4) is 0 Å². The van der Waals surface area contributed by atoms with Crippen molar-refractivity contribution in [1.82, 2.24) is 19.9 Å². The van der Waals surface area contributed by atoms with Gasteiger partial charge in [-0.2, -0.15) is 0 Å². The van der Waals surface area contributed by atoms with Crippen LogP contribution in [0.25, 0.3) is 11.1 Å². The molecule has 0 unspecified atom stereocenters. The Morgan fingerprint density at radius 2 is 2.17 bits per heavy atom. The summed E-state index contributed by atoms with van der Waals surface area (Å²) in [6.07, 6.45) is 4.43. The summed E-state index contributed by atoms with van der Waals surface area (Å²) in [5, 5.41) is 0.597. The monoisotopic (exact) mass is 412 g/mol. The molecule has 1 aliphatic heterocycles. The SMILES string of the molecule is CSc1nc(C)c(CCC(=O)N2CCC[C@@H](c3nc4ccccc4o3)C2)c(=O)[nH]1. The number of carbonyl (C=O) groups excluding carboxylic acids is 1. The first-order valence-electron chi connectivity index (χ1n) is 9.82. The number of H-pyrrole nitrogens is 1. The Balaban J connectivity index is 1.42. The van der Waals surface area contributed by atoms with E-state index in [1.54, 1.807) is 0 Å². The first-order chi connectivity index (χ1) is 14.0. The highest BCUT2D eigenvalue weighted by atomic mass is 32.2. The molecule has 1 fully saturated rings. The van der Waals surface area contributed by atoms with E-state index in [1.165, 1.54) is 11.8 Å². The molecule has 29 heavy (non-hydrogen) atoms. The van der Waals surface area contributed by atoms with E-state index in [4.69, 9.17) is 4.42 Å². The first kappa shape index (κ1) is 19.7. The Bertz CT molecular complexity index is 1060. The van der Waals surface area contributed by atoms with E-state index < -0.39 is 0 Å². The van der Waals surface area contributed by atoms with Gasteiger partial charge in [0, 0.05) is 30.8 Å². The van der Waals surface area contributed by atoms with Gasteiger partial charge in [0.05, 0.1) is 5.92 Å². The fourth-order valence-electron chi connectivity index (χ4n) is 3.84. The molecule has 0 radical (unpaired) electrons. The zero-order chi connectivity index (χ0) is 20.4. The standard InChI is InChI=1S/C21H24N4O3S/c1-13-15(19(27)24-21(22-13)29-2)9-10-18(26)25-11-5-6-14(12-25)20-23-16-7-3-4-8-17(16)28-20/h3-4,7-8,14H,5-6,9-12H2,1-2H3,(H,22,24,27)/t14-/m1/s1. The molecule has 7 nitrogen and oxygen atoms in total. The smallest absolute Gasteiger partial charge is 0.254 e. The number of amides is 1. The van der Waals surface area contributed by atoms with E-state index in [-0.39, 0.29) is 17.4 Å². The van der Waals surface area contributed by atoms with Crippen LogP contribution in [0.1, 0.15) is 42.3 Å². The fourth-order valence-corrected chi connectivity index (χ4v) is 4.26. The molecule has 1 aromatic carbocycles. The van der Waals surface area contributed by atoms with Crippen molar-refractivity contribution in [1.29, 1.82) is 0 Å². The zero-order valence-electron chi connectivity index (χ0n) is 16.6. The van der Waals surface area contributed by atoms with E-state index in [0.717, 1.165) is 30.5 Å². The Morgan fingerprint density at radius 3 is 2.93 bits per heavy atom. The Labute approximate surface area is 172 Å². The van der Waals surface area contributed by atoms with Crippen LogP contribution in [0.5, 0.6) is 0 Å². The fraction of sp³-hybridized carbons (Fsp3) is 0.429. The summed E-state index contributed by atoms with van der Waals surface area (Å²) in [5.41, 5.74) is 2.75. The highest BCUT2D eigenvalue weighted by molar-refractivity contribution is 7.98. The van der Waals surface area contributed by atoms with Gasteiger partial charge >= 0.3 is 0 Å². The van der Waals surface area contributed by atoms with Crippen LogP contribution >= 0.6 is 11.8 Å². The molecule has 2 aromatic heterocycles. The van der Waals surface area contributed by atoms with E-state index in [0.29, 0.717) is 41.7 Å². The Hall–Kier alpha value is -2.61. The summed E-state index contributed by atoms with van der Waals surface area (Å²) < 4.78 is 5.91. The molecule has 0 aliphatic carbocycles. The van der Waals surface area contributed by atoms with E-state index in [9.17, 15) is 9.59 Å². The van der Waals surface area contributed by atoms with Crippen LogP contribution in [0.15, 0.2) is 38.6 Å². The second-order valence-corrected chi connectivity index (χ2v) is 8.13. The summed E-state index contributed by atoms with van der Waals surface area (Å²) in [6, 6.07) is 7.71. The van der Waals surface area contributed by atoms with Crippen molar-refractivity contribution in [3.05, 3.63) is 51.8 Å². The number of thioether (sulfide) groups is 1. The normalized spacial score (nSPS) is 17.0. The summed E-state index contributed by atoms with van der Waals surface area (Å²) in [7, 11) is 0. The topological polar surface area (TPSA) is 92.1 Å². The number of para-hydroxylation sites is 2. The van der Waals surface area contributed by atoms with Crippen molar-refractivity contribution in [2.45, 2.75) is 43.7 Å². The molecule has 0 spiro atoms. The number of fused-ring (bicyclic) bond motifs is 1. The third-order valence-corrected chi connectivity index (χ3v) is 6.00. The third-order valence-electron chi connectivity index (χ3n) is 5.42. The summed E-state index contributed by atoms with van der Waals surface area (Å²) in [4.78, 5) is 38.7. The van der Waals surface area contributed by atoms with E-state index in [1.807, 2.05) is 42.3 Å². The van der Waals surface area contributed by atoms with Gasteiger partial charge in [-0.05, 0) is 44.6 Å². The molecule has 3 aromatic rings. The van der Waals surface area contributed by atoms with Crippen LogP contribution in [-0.2, 0) is 11.2 Å². The number of hydrogen-bond donors (Lipinski definition) is 1. The number of hydrogen-bond acceptors (Lipinski definition) is 6. The third kappa shape index (κ3) is 4.22. The van der Waals surface area contributed by atoms with Crippen LogP contribution in [-0.4, -0.2) is 45.1 Å². The maximum atomic E-state index is 12.8. The van der Waals surface area contributed by atoms with E-state index >= 15 is 0 Å². The van der Waals surface area contributed by atoms with Crippen molar-refractivity contribution in [2.24, 2.45) is 0 Å². The van der Waals surface area contributed by atoms with Crippen molar-refractivity contribution in [2.75, 3.05) is 19.3 Å². The van der Waals surface area contributed by atoms with Gasteiger partial charge in [-0.3, -0.25) is 9.59 Å². The molecular weight excluding hydrogens is 388 g/mol. The minimum Gasteiger partial charge on any atom is -0.440 e. The van der Waals surface area contributed by atoms with E-state index in [2.05, 4.69) is 15.0 Å². The molecule has 152 valence electrons. The highest BCUT2D eigenvalue weighted by Gasteiger charge is 2.28. The summed E-state index contributed by atoms with van der Waals surface area (Å²) >= 11 is 1.40. The van der Waals surface area contributed by atoms with Crippen molar-refractivity contribution in [3.63, 3.8) is 0 Å². The molecule has 4 rings (SSSR count).